The number of amides is 3. The Balaban J connectivity index is 0.000000237. The van der Waals surface area contributed by atoms with Crippen molar-refractivity contribution in [3.8, 4) is 83.2 Å². The largest absolute Gasteiger partial charge is 0.392 e. The number of aliphatic hydroxyl groups is 3. The molecule has 10 aromatic rings. The molecule has 0 radical (unpaired) electrons. The van der Waals surface area contributed by atoms with Crippen molar-refractivity contribution in [1.29, 1.82) is 10.5 Å². The normalized spacial score (nSPS) is 11.2. The summed E-state index contributed by atoms with van der Waals surface area (Å²) in [7, 11) is 0. The molecule has 0 aliphatic heterocycles. The maximum atomic E-state index is 12.7. The van der Waals surface area contributed by atoms with Crippen LogP contribution < -0.4 is 33.2 Å². The fourth-order valence-electron chi connectivity index (χ4n) is 12.8. The number of aromatic nitrogens is 4. The van der Waals surface area contributed by atoms with E-state index in [2.05, 4.69) is 162 Å². The van der Waals surface area contributed by atoms with E-state index in [-0.39, 0.29) is 84.9 Å². The number of aliphatic hydroxyl groups excluding tert-OH is 3. The molecular formula is C103H103N15O9. The van der Waals surface area contributed by atoms with Gasteiger partial charge in [-0.1, -0.05) is 180 Å². The maximum Gasteiger partial charge on any atom is 0.262 e. The van der Waals surface area contributed by atoms with Gasteiger partial charge in [-0.25, -0.2) is 15.0 Å². The number of carbonyl (C=O) groups is 6. The molecule has 24 heteroatoms. The molecule has 0 bridgehead atoms. The van der Waals surface area contributed by atoms with Gasteiger partial charge in [-0.2, -0.15) is 10.5 Å². The number of anilines is 3. The summed E-state index contributed by atoms with van der Waals surface area (Å²) >= 11 is 0. The number of Topliss-reactive ketones (excluding diaryl/α,β-unsaturated/α-hetero) is 3. The van der Waals surface area contributed by atoms with Crippen molar-refractivity contribution in [1.82, 2.24) is 50.6 Å². The first-order valence-corrected chi connectivity index (χ1v) is 41.7. The zero-order valence-corrected chi connectivity index (χ0v) is 72.2. The van der Waals surface area contributed by atoms with Crippen LogP contribution in [0.4, 0.5) is 17.5 Å². The third kappa shape index (κ3) is 31.0. The van der Waals surface area contributed by atoms with Crippen LogP contribution in [-0.4, -0.2) is 182 Å². The zero-order chi connectivity index (χ0) is 91.6. The molecular weight excluding hydrogens is 1590 g/mol. The average molecular weight is 1700 g/mol. The second-order valence-electron chi connectivity index (χ2n) is 29.0. The molecule has 0 aliphatic carbocycles. The highest BCUT2D eigenvalue weighted by atomic mass is 16.3. The number of nitrogen functional groups attached to an aromatic ring is 3. The van der Waals surface area contributed by atoms with Crippen LogP contribution in [-0.2, 0) is 14.4 Å². The predicted molar refractivity (Wildman–Crippen MR) is 500 cm³/mol. The first-order chi connectivity index (χ1) is 61.4. The van der Waals surface area contributed by atoms with Gasteiger partial charge in [0, 0.05) is 152 Å². The summed E-state index contributed by atoms with van der Waals surface area (Å²) in [6.07, 6.45) is 11.4. The van der Waals surface area contributed by atoms with Gasteiger partial charge in [-0.3, -0.25) is 33.8 Å². The number of nitrogens with zero attached hydrogens (tertiary/aromatic N) is 9. The van der Waals surface area contributed by atoms with Gasteiger partial charge >= 0.3 is 0 Å². The molecule has 0 fully saturated rings. The molecule has 0 saturated heterocycles. The van der Waals surface area contributed by atoms with Crippen molar-refractivity contribution in [2.24, 2.45) is 0 Å². The number of nitrogens with two attached hydrogens (primary N) is 3. The zero-order valence-electron chi connectivity index (χ0n) is 72.2. The summed E-state index contributed by atoms with van der Waals surface area (Å²) in [5.41, 5.74) is 26.8. The summed E-state index contributed by atoms with van der Waals surface area (Å²) in [5, 5.41) is 61.6. The maximum absolute atomic E-state index is 12.7. The molecule has 127 heavy (non-hydrogen) atoms. The fourth-order valence-corrected chi connectivity index (χ4v) is 12.8. The van der Waals surface area contributed by atoms with Crippen LogP contribution in [0.25, 0.3) is 38.4 Å². The highest BCUT2D eigenvalue weighted by Gasteiger charge is 2.19. The van der Waals surface area contributed by atoms with Gasteiger partial charge < -0.3 is 63.2 Å². The second kappa shape index (κ2) is 51.1. The highest BCUT2D eigenvalue weighted by Crippen LogP contribution is 2.27. The van der Waals surface area contributed by atoms with Gasteiger partial charge in [-0.15, -0.1) is 0 Å². The summed E-state index contributed by atoms with van der Waals surface area (Å²) in [5.74, 6) is 35.9. The Morgan fingerprint density at radius 1 is 0.425 bits per heavy atom. The molecule has 3 amide bonds. The van der Waals surface area contributed by atoms with Crippen molar-refractivity contribution in [2.45, 2.75) is 98.4 Å². The lowest BCUT2D eigenvalue weighted by molar-refractivity contribution is -0.117. The summed E-state index contributed by atoms with van der Waals surface area (Å²) in [6, 6.07) is 45.1. The molecule has 4 heterocycles. The highest BCUT2D eigenvalue weighted by molar-refractivity contribution is 6.02. The molecule has 12 N–H and O–H groups in total. The van der Waals surface area contributed by atoms with Crippen LogP contribution >= 0.6 is 0 Å². The van der Waals surface area contributed by atoms with Crippen molar-refractivity contribution >= 4 is 90.9 Å². The van der Waals surface area contributed by atoms with Gasteiger partial charge in [0.1, 0.15) is 40.7 Å². The second-order valence-corrected chi connectivity index (χ2v) is 29.0. The molecule has 24 nitrogen and oxygen atoms in total. The minimum Gasteiger partial charge on any atom is -0.392 e. The molecule has 0 aliphatic rings. The Kier molecular flexibility index (Phi) is 39.1. The Labute approximate surface area is 742 Å². The molecule has 3 atom stereocenters. The Morgan fingerprint density at radius 2 is 0.740 bits per heavy atom. The van der Waals surface area contributed by atoms with E-state index in [1.165, 1.54) is 12.2 Å². The van der Waals surface area contributed by atoms with E-state index >= 15 is 0 Å². The number of hydrogen-bond acceptors (Lipinski definition) is 21. The van der Waals surface area contributed by atoms with Crippen molar-refractivity contribution in [3.05, 3.63) is 273 Å². The molecule has 6 aromatic carbocycles. The van der Waals surface area contributed by atoms with E-state index in [1.807, 2.05) is 74.5 Å². The van der Waals surface area contributed by atoms with E-state index in [9.17, 15) is 49.3 Å². The molecule has 4 aromatic heterocycles. The molecule has 0 saturated carbocycles. The van der Waals surface area contributed by atoms with E-state index < -0.39 is 30.1 Å². The molecule has 0 spiro atoms. The molecule has 644 valence electrons. The number of nitrogens with one attached hydrogen (secondary N) is 3. The van der Waals surface area contributed by atoms with Gasteiger partial charge in [0.15, 0.2) is 17.3 Å². The van der Waals surface area contributed by atoms with Crippen LogP contribution in [0.5, 0.6) is 0 Å². The van der Waals surface area contributed by atoms with Gasteiger partial charge in [0.25, 0.3) is 11.8 Å². The number of pyridine rings is 4. The van der Waals surface area contributed by atoms with Gasteiger partial charge in [0.05, 0.1) is 54.6 Å². The number of benzene rings is 6. The van der Waals surface area contributed by atoms with E-state index in [1.54, 1.807) is 122 Å². The van der Waals surface area contributed by atoms with Gasteiger partial charge in [0.2, 0.25) is 5.91 Å². The van der Waals surface area contributed by atoms with Crippen LogP contribution in [0.1, 0.15) is 167 Å². The fraction of sp³-hybridized carbons (Fsp3) is 0.262. The number of likely N-dealkylation sites (N-methyl/N-ethyl adjacent to an activating group) is 3. The first kappa shape index (κ1) is 97.3. The third-order valence-electron chi connectivity index (χ3n) is 20.3. The Bertz CT molecular complexity index is 6150. The van der Waals surface area contributed by atoms with E-state index in [0.29, 0.717) is 106 Å². The predicted octanol–water partition coefficient (Wildman–Crippen LogP) is 11.3. The van der Waals surface area contributed by atoms with Crippen LogP contribution in [0.15, 0.2) is 201 Å². The number of nitriles is 2. The summed E-state index contributed by atoms with van der Waals surface area (Å²) < 4.78 is 0. The summed E-state index contributed by atoms with van der Waals surface area (Å²) in [4.78, 5) is 96.4. The number of hydrogen-bond donors (Lipinski definition) is 9. The Hall–Kier alpha value is -15.2. The minimum absolute atomic E-state index is 0.00620. The standard InChI is InChI=1S/C38H36N6O3.C33H33N5O3.C32H34N4O3/c1-3-44(4-2)26-33(45)14-16-36(46)30-11-7-27(8-12-30)10-15-34-35-23-28(9-13-31(35)25-43-37(34)40)6-5-19-42-38(47)32(24-39)22-29-17-20-41-21-18-29;1-4-38(5-2)22-28(39)15-17-31(40)26-12-8-24(9-13-26)11-16-29-30-19-25(10-14-27(30)21-37-32(29)35)7-6-18-36-33(41)23(3)20-34;1-4-31(39)34-19-7-8-24-11-15-26-21-35-32(33)28(29(26)20-24)17-12-23-9-13-25(14-10-23)30(38)18-16-27(37)22-36(5-2)6-3/h7-9,11-13,17-18,20-23,25,33,45H,3-4,14,16,19,26H2,1-2H3,(H2,40,43)(H,42,47);8-10,12-14,19,21,28,39H,3-5,15,17-18,22H2,1-2H3,(H2,35,37)(H,36,41);4,9-11,13-15,20-21,27,37H,1,5-6,16,18-19,22H2,2-3H3,(H2,33,35)(H,34,39)/b32-22+;;. The first-order valence-electron chi connectivity index (χ1n) is 41.7. The number of rotatable bonds is 31. The van der Waals surface area contributed by atoms with Crippen molar-refractivity contribution < 1.29 is 44.1 Å². The number of fused-ring (bicyclic) bond motifs is 3. The molecule has 3 unspecified atom stereocenters. The van der Waals surface area contributed by atoms with Gasteiger partial charge in [-0.05, 0) is 161 Å². The lowest BCUT2D eigenvalue weighted by Crippen LogP contribution is -2.32. The lowest BCUT2D eigenvalue weighted by atomic mass is 10.0. The van der Waals surface area contributed by atoms with E-state index in [4.69, 9.17) is 22.5 Å². The average Bonchev–Trinajstić information content (AvgIpc) is 0.806. The number of carbonyl (C=O) groups excluding carboxylic acids is 6. The smallest absolute Gasteiger partial charge is 0.262 e. The Morgan fingerprint density at radius 3 is 1.05 bits per heavy atom. The monoisotopic (exact) mass is 1690 g/mol. The number of ketones is 3. The lowest BCUT2D eigenvalue weighted by Gasteiger charge is -2.21. The van der Waals surface area contributed by atoms with Crippen LogP contribution in [0.2, 0.25) is 0 Å². The SMILES string of the molecule is C=C(C#N)C(=O)NCC#Cc1ccc2cnc(N)c(C#Cc3ccc(C(=O)CCC(O)CN(CC)CC)cc3)c2c1.C=CC(=O)NCC#Cc1ccc2cnc(N)c(C#Cc3ccc(C(=O)CCC(O)CN(CC)CC)cc3)c2c1.CCN(CC)CC(O)CCC(=O)c1ccc(C#Cc2c(N)ncc3ccc(C#CCNC(=O)/C(C#N)=C/c4ccncc4)cc23)cc1. The van der Waals surface area contributed by atoms with Crippen LogP contribution in [0.3, 0.4) is 0 Å². The molecule has 10 rings (SSSR count). The van der Waals surface area contributed by atoms with E-state index in [0.717, 1.165) is 82.7 Å². The van der Waals surface area contributed by atoms with Crippen molar-refractivity contribution in [3.63, 3.8) is 0 Å². The summed E-state index contributed by atoms with van der Waals surface area (Å²) in [6.45, 7) is 26.3. The topological polar surface area (TPSA) is 386 Å². The minimum atomic E-state index is -0.557. The quantitative estimate of drug-likeness (QED) is 0.00843. The van der Waals surface area contributed by atoms with Crippen molar-refractivity contribution in [2.75, 3.05) is 95.7 Å². The van der Waals surface area contributed by atoms with Crippen LogP contribution in [0, 0.1) is 93.7 Å². The third-order valence-corrected chi connectivity index (χ3v) is 20.3.